The van der Waals surface area contributed by atoms with Gasteiger partial charge >= 0.3 is 6.18 Å². The molecule has 0 fully saturated rings. The molecule has 3 heteroatoms. The highest BCUT2D eigenvalue weighted by Gasteiger charge is 2.21. The van der Waals surface area contributed by atoms with Gasteiger partial charge in [-0.15, -0.1) is 0 Å². The Morgan fingerprint density at radius 3 is 2.46 bits per heavy atom. The number of aryl methyl sites for hydroxylation is 1. The molecule has 0 aliphatic heterocycles. The largest absolute Gasteiger partial charge is 0.409 e. The Balaban J connectivity index is 2.80. The van der Waals surface area contributed by atoms with Gasteiger partial charge in [0.05, 0.1) is 0 Å². The van der Waals surface area contributed by atoms with Gasteiger partial charge in [-0.2, -0.15) is 13.2 Å². The first kappa shape index (κ1) is 9.84. The summed E-state index contributed by atoms with van der Waals surface area (Å²) in [6.45, 7) is 1.84. The van der Waals surface area contributed by atoms with E-state index in [0.29, 0.717) is 5.56 Å². The number of rotatable bonds is 1. The smallest absolute Gasteiger partial charge is 0.167 e. The van der Waals surface area contributed by atoms with Crippen molar-refractivity contribution in [2.45, 2.75) is 13.1 Å². The number of hydrogen-bond donors (Lipinski definition) is 0. The van der Waals surface area contributed by atoms with Crippen LogP contribution in [-0.4, -0.2) is 6.18 Å². The van der Waals surface area contributed by atoms with E-state index in [4.69, 9.17) is 0 Å². The molecule has 0 saturated heterocycles. The SMILES string of the molecule is Cc1cccc(C=CC(F)(F)F)c1. The lowest BCUT2D eigenvalue weighted by molar-refractivity contribution is -0.0790. The summed E-state index contributed by atoms with van der Waals surface area (Å²) in [5.74, 6) is 0. The highest BCUT2D eigenvalue weighted by Crippen LogP contribution is 2.18. The van der Waals surface area contributed by atoms with Crippen molar-refractivity contribution in [3.63, 3.8) is 0 Å². The van der Waals surface area contributed by atoms with Gasteiger partial charge in [-0.1, -0.05) is 35.9 Å². The van der Waals surface area contributed by atoms with Gasteiger partial charge in [-0.05, 0) is 12.5 Å². The summed E-state index contributed by atoms with van der Waals surface area (Å²) in [5.41, 5.74) is 1.52. The van der Waals surface area contributed by atoms with Gasteiger partial charge in [0.1, 0.15) is 0 Å². The van der Waals surface area contributed by atoms with E-state index in [0.717, 1.165) is 11.6 Å². The third kappa shape index (κ3) is 3.78. The molecule has 0 aromatic heterocycles. The van der Waals surface area contributed by atoms with Gasteiger partial charge in [-0.3, -0.25) is 0 Å². The Hall–Kier alpha value is -1.25. The quantitative estimate of drug-likeness (QED) is 0.628. The maximum atomic E-state index is 11.8. The molecule has 0 atom stereocenters. The van der Waals surface area contributed by atoms with Crippen molar-refractivity contribution in [1.82, 2.24) is 0 Å². The second kappa shape index (κ2) is 3.64. The van der Waals surface area contributed by atoms with Gasteiger partial charge in [0, 0.05) is 6.08 Å². The van der Waals surface area contributed by atoms with Crippen LogP contribution in [0, 0.1) is 6.92 Å². The van der Waals surface area contributed by atoms with E-state index in [1.165, 1.54) is 0 Å². The average molecular weight is 186 g/mol. The average Bonchev–Trinajstić information content (AvgIpc) is 2.00. The van der Waals surface area contributed by atoms with E-state index in [-0.39, 0.29) is 6.08 Å². The third-order valence-corrected chi connectivity index (χ3v) is 1.51. The van der Waals surface area contributed by atoms with Gasteiger partial charge in [0.2, 0.25) is 0 Å². The molecule has 0 radical (unpaired) electrons. The zero-order valence-corrected chi connectivity index (χ0v) is 7.10. The molecule has 0 aliphatic rings. The molecule has 1 rings (SSSR count). The van der Waals surface area contributed by atoms with Crippen molar-refractivity contribution >= 4 is 6.08 Å². The maximum Gasteiger partial charge on any atom is 0.409 e. The topological polar surface area (TPSA) is 0 Å². The highest BCUT2D eigenvalue weighted by atomic mass is 19.4. The summed E-state index contributed by atoms with van der Waals surface area (Å²) in [7, 11) is 0. The number of hydrogen-bond acceptors (Lipinski definition) is 0. The fourth-order valence-electron chi connectivity index (χ4n) is 0.965. The number of alkyl halides is 3. The van der Waals surface area contributed by atoms with Crippen LogP contribution in [0.3, 0.4) is 0 Å². The summed E-state index contributed by atoms with van der Waals surface area (Å²) in [4.78, 5) is 0. The highest BCUT2D eigenvalue weighted by molar-refractivity contribution is 5.50. The lowest BCUT2D eigenvalue weighted by atomic mass is 10.1. The molecule has 1 aromatic rings. The summed E-state index contributed by atoms with van der Waals surface area (Å²) < 4.78 is 35.3. The maximum absolute atomic E-state index is 11.8. The second-order valence-corrected chi connectivity index (χ2v) is 2.79. The molecule has 0 unspecified atom stereocenters. The van der Waals surface area contributed by atoms with E-state index < -0.39 is 6.18 Å². The van der Waals surface area contributed by atoms with E-state index in [2.05, 4.69) is 0 Å². The first-order valence-electron chi connectivity index (χ1n) is 3.80. The van der Waals surface area contributed by atoms with Crippen molar-refractivity contribution in [1.29, 1.82) is 0 Å². The summed E-state index contributed by atoms with van der Waals surface area (Å²) in [5, 5.41) is 0. The second-order valence-electron chi connectivity index (χ2n) is 2.79. The van der Waals surface area contributed by atoms with Crippen LogP contribution in [0.5, 0.6) is 0 Å². The minimum Gasteiger partial charge on any atom is -0.167 e. The molecule has 0 N–H and O–H groups in total. The van der Waals surface area contributed by atoms with Crippen molar-refractivity contribution in [3.05, 3.63) is 41.5 Å². The molecule has 0 nitrogen and oxygen atoms in total. The molecule has 0 spiro atoms. The van der Waals surface area contributed by atoms with E-state index in [1.54, 1.807) is 18.2 Å². The lowest BCUT2D eigenvalue weighted by Gasteiger charge is -1.98. The van der Waals surface area contributed by atoms with Crippen LogP contribution < -0.4 is 0 Å². The fraction of sp³-hybridized carbons (Fsp3) is 0.200. The van der Waals surface area contributed by atoms with Crippen molar-refractivity contribution in [2.24, 2.45) is 0 Å². The standard InChI is InChI=1S/C10H9F3/c1-8-3-2-4-9(7-8)5-6-10(11,12)13/h2-7H,1H3. The monoisotopic (exact) mass is 186 g/mol. The van der Waals surface area contributed by atoms with Crippen molar-refractivity contribution in [3.8, 4) is 0 Å². The van der Waals surface area contributed by atoms with Crippen LogP contribution in [0.1, 0.15) is 11.1 Å². The molecule has 0 aliphatic carbocycles. The summed E-state index contributed by atoms with van der Waals surface area (Å²) in [6, 6.07) is 6.90. The predicted molar refractivity (Wildman–Crippen MR) is 46.3 cm³/mol. The Morgan fingerprint density at radius 1 is 1.23 bits per heavy atom. The van der Waals surface area contributed by atoms with Gasteiger partial charge in [0.15, 0.2) is 0 Å². The van der Waals surface area contributed by atoms with Gasteiger partial charge in [-0.25, -0.2) is 0 Å². The Labute approximate surface area is 74.7 Å². The van der Waals surface area contributed by atoms with Crippen molar-refractivity contribution in [2.75, 3.05) is 0 Å². The first-order valence-corrected chi connectivity index (χ1v) is 3.80. The minimum atomic E-state index is -4.23. The van der Waals surface area contributed by atoms with Gasteiger partial charge < -0.3 is 0 Å². The van der Waals surface area contributed by atoms with Crippen LogP contribution in [0.2, 0.25) is 0 Å². The Bertz CT molecular complexity index is 310. The van der Waals surface area contributed by atoms with Gasteiger partial charge in [0.25, 0.3) is 0 Å². The molecule has 0 bridgehead atoms. The predicted octanol–water partition coefficient (Wildman–Crippen LogP) is 3.57. The zero-order chi connectivity index (χ0) is 9.90. The van der Waals surface area contributed by atoms with Crippen molar-refractivity contribution < 1.29 is 13.2 Å². The van der Waals surface area contributed by atoms with Crippen LogP contribution in [0.25, 0.3) is 6.08 Å². The molecule has 0 heterocycles. The Kier molecular flexibility index (Phi) is 2.76. The van der Waals surface area contributed by atoms with Crippen LogP contribution in [0.4, 0.5) is 13.2 Å². The molecular weight excluding hydrogens is 177 g/mol. The molecular formula is C10H9F3. The normalized spacial score (nSPS) is 12.3. The van der Waals surface area contributed by atoms with Crippen LogP contribution in [0.15, 0.2) is 30.3 Å². The van der Waals surface area contributed by atoms with E-state index in [9.17, 15) is 13.2 Å². The number of benzene rings is 1. The van der Waals surface area contributed by atoms with Crippen LogP contribution in [-0.2, 0) is 0 Å². The third-order valence-electron chi connectivity index (χ3n) is 1.51. The summed E-state index contributed by atoms with van der Waals surface area (Å²) in [6.07, 6.45) is -2.93. The lowest BCUT2D eigenvalue weighted by Crippen LogP contribution is -2.00. The molecule has 0 amide bonds. The molecule has 0 saturated carbocycles. The zero-order valence-electron chi connectivity index (χ0n) is 7.10. The fourth-order valence-corrected chi connectivity index (χ4v) is 0.965. The van der Waals surface area contributed by atoms with E-state index in [1.807, 2.05) is 13.0 Å². The number of halogens is 3. The molecule has 13 heavy (non-hydrogen) atoms. The van der Waals surface area contributed by atoms with Crippen LogP contribution >= 0.6 is 0 Å². The molecule has 1 aromatic carbocycles. The minimum absolute atomic E-state index is 0.238. The molecule has 70 valence electrons. The van der Waals surface area contributed by atoms with E-state index >= 15 is 0 Å². The Morgan fingerprint density at radius 2 is 1.92 bits per heavy atom. The first-order chi connectivity index (χ1) is 5.97. The summed E-state index contributed by atoms with van der Waals surface area (Å²) >= 11 is 0. The number of allylic oxidation sites excluding steroid dienone is 1.